The van der Waals surface area contributed by atoms with E-state index in [-0.39, 0.29) is 29.2 Å². The van der Waals surface area contributed by atoms with Crippen molar-refractivity contribution in [2.75, 3.05) is 20.8 Å². The van der Waals surface area contributed by atoms with Crippen LogP contribution in [0.15, 0.2) is 17.0 Å². The van der Waals surface area contributed by atoms with Crippen LogP contribution in [0.5, 0.6) is 11.5 Å². The molecule has 1 aromatic carbocycles. The van der Waals surface area contributed by atoms with Crippen LogP contribution in [0.2, 0.25) is 0 Å². The van der Waals surface area contributed by atoms with Gasteiger partial charge in [0.15, 0.2) is 11.5 Å². The Kier molecular flexibility index (Phi) is 5.34. The molecule has 112 valence electrons. The Morgan fingerprint density at radius 3 is 2.20 bits per heavy atom. The van der Waals surface area contributed by atoms with Crippen molar-refractivity contribution in [1.82, 2.24) is 0 Å². The predicted molar refractivity (Wildman–Crippen MR) is 71.3 cm³/mol. The van der Waals surface area contributed by atoms with Crippen LogP contribution in [-0.2, 0) is 26.0 Å². The van der Waals surface area contributed by atoms with Gasteiger partial charge in [-0.15, -0.1) is 0 Å². The maximum Gasteiger partial charge on any atom is 0.310 e. The molecule has 1 aromatic rings. The second-order valence-corrected chi connectivity index (χ2v) is 5.37. The zero-order chi connectivity index (χ0) is 15.3. The monoisotopic (exact) mass is 303 g/mol. The van der Waals surface area contributed by atoms with Crippen molar-refractivity contribution in [2.45, 2.75) is 18.2 Å². The molecule has 0 fully saturated rings. The maximum absolute atomic E-state index is 11.6. The van der Waals surface area contributed by atoms with Crippen molar-refractivity contribution in [1.29, 1.82) is 0 Å². The van der Waals surface area contributed by atoms with Gasteiger partial charge >= 0.3 is 5.97 Å². The Balaban J connectivity index is 3.35. The van der Waals surface area contributed by atoms with Gasteiger partial charge in [-0.2, -0.15) is 0 Å². The number of carbonyl (C=O) groups is 1. The zero-order valence-corrected chi connectivity index (χ0v) is 12.3. The van der Waals surface area contributed by atoms with E-state index in [0.717, 1.165) is 0 Å². The highest BCUT2D eigenvalue weighted by molar-refractivity contribution is 7.89. The maximum atomic E-state index is 11.6. The number of nitrogens with two attached hydrogens (primary N) is 1. The van der Waals surface area contributed by atoms with E-state index in [0.29, 0.717) is 5.75 Å². The number of ether oxygens (including phenoxy) is 3. The molecule has 0 bridgehead atoms. The van der Waals surface area contributed by atoms with E-state index in [1.54, 1.807) is 6.92 Å². The van der Waals surface area contributed by atoms with Crippen molar-refractivity contribution in [2.24, 2.45) is 5.14 Å². The predicted octanol–water partition coefficient (Wildman–Crippen LogP) is 0.457. The normalized spacial score (nSPS) is 11.0. The van der Waals surface area contributed by atoms with Gasteiger partial charge in [-0.05, 0) is 18.6 Å². The smallest absolute Gasteiger partial charge is 0.310 e. The van der Waals surface area contributed by atoms with E-state index in [1.807, 2.05) is 0 Å². The molecule has 0 radical (unpaired) electrons. The van der Waals surface area contributed by atoms with Crippen LogP contribution in [0.4, 0.5) is 0 Å². The van der Waals surface area contributed by atoms with E-state index in [2.05, 4.69) is 0 Å². The molecule has 8 heteroatoms. The third kappa shape index (κ3) is 3.84. The minimum Gasteiger partial charge on any atom is -0.493 e. The number of hydrogen-bond acceptors (Lipinski definition) is 6. The number of rotatable bonds is 6. The molecule has 0 saturated carbocycles. The molecule has 1 rings (SSSR count). The van der Waals surface area contributed by atoms with Crippen LogP contribution < -0.4 is 14.6 Å². The largest absolute Gasteiger partial charge is 0.493 e. The fraction of sp³-hybridized carbons (Fsp3) is 0.417. The highest BCUT2D eigenvalue weighted by Gasteiger charge is 2.21. The van der Waals surface area contributed by atoms with Gasteiger partial charge in [0.25, 0.3) is 0 Å². The average Bonchev–Trinajstić information content (AvgIpc) is 2.37. The number of benzene rings is 1. The van der Waals surface area contributed by atoms with Crippen LogP contribution >= 0.6 is 0 Å². The minimum absolute atomic E-state index is 0.191. The van der Waals surface area contributed by atoms with E-state index < -0.39 is 16.0 Å². The highest BCUT2D eigenvalue weighted by Crippen LogP contribution is 2.32. The Morgan fingerprint density at radius 1 is 1.20 bits per heavy atom. The minimum atomic E-state index is -3.99. The number of esters is 1. The van der Waals surface area contributed by atoms with Crippen molar-refractivity contribution in [3.63, 3.8) is 0 Å². The lowest BCUT2D eigenvalue weighted by atomic mass is 10.1. The Labute approximate surface area is 117 Å². The van der Waals surface area contributed by atoms with E-state index in [4.69, 9.17) is 19.3 Å². The van der Waals surface area contributed by atoms with Gasteiger partial charge in [-0.3, -0.25) is 4.79 Å². The molecule has 0 spiro atoms. The number of sulfonamides is 1. The van der Waals surface area contributed by atoms with Crippen LogP contribution in [0.1, 0.15) is 12.5 Å². The van der Waals surface area contributed by atoms with Gasteiger partial charge in [-0.25, -0.2) is 13.6 Å². The summed E-state index contributed by atoms with van der Waals surface area (Å²) in [6.45, 7) is 1.87. The summed E-state index contributed by atoms with van der Waals surface area (Å²) < 4.78 is 38.1. The lowest BCUT2D eigenvalue weighted by molar-refractivity contribution is -0.142. The molecule has 7 nitrogen and oxygen atoms in total. The van der Waals surface area contributed by atoms with Crippen molar-refractivity contribution >= 4 is 16.0 Å². The molecule has 20 heavy (non-hydrogen) atoms. The van der Waals surface area contributed by atoms with Gasteiger partial charge in [0.05, 0.1) is 32.1 Å². The van der Waals surface area contributed by atoms with Gasteiger partial charge in [0, 0.05) is 6.07 Å². The third-order valence-electron chi connectivity index (χ3n) is 2.51. The fourth-order valence-corrected chi connectivity index (χ4v) is 2.44. The number of carbonyl (C=O) groups excluding carboxylic acids is 1. The molecule has 0 amide bonds. The Morgan fingerprint density at radius 2 is 1.75 bits per heavy atom. The second kappa shape index (κ2) is 6.58. The molecular weight excluding hydrogens is 286 g/mol. The van der Waals surface area contributed by atoms with Gasteiger partial charge in [0.2, 0.25) is 10.0 Å². The van der Waals surface area contributed by atoms with Crippen molar-refractivity contribution < 1.29 is 27.4 Å². The molecular formula is C12H17NO6S. The topological polar surface area (TPSA) is 105 Å². The standard InChI is InChI=1S/C12H17NO6S/c1-4-19-12(14)6-8-5-9(17-2)10(18-3)7-11(8)20(13,15)16/h5,7H,4,6H2,1-3H3,(H2,13,15,16). The van der Waals surface area contributed by atoms with Crippen LogP contribution in [0, 0.1) is 0 Å². The Bertz CT molecular complexity index is 596. The third-order valence-corrected chi connectivity index (χ3v) is 3.51. The Hall–Kier alpha value is -1.80. The highest BCUT2D eigenvalue weighted by atomic mass is 32.2. The van der Waals surface area contributed by atoms with Gasteiger partial charge < -0.3 is 14.2 Å². The lowest BCUT2D eigenvalue weighted by Crippen LogP contribution is -2.17. The van der Waals surface area contributed by atoms with Crippen molar-refractivity contribution in [3.05, 3.63) is 17.7 Å². The van der Waals surface area contributed by atoms with Gasteiger partial charge in [-0.1, -0.05) is 0 Å². The molecule has 0 atom stereocenters. The van der Waals surface area contributed by atoms with Gasteiger partial charge in [0.1, 0.15) is 0 Å². The summed E-state index contributed by atoms with van der Waals surface area (Å²) in [6.07, 6.45) is -0.222. The van der Waals surface area contributed by atoms with Crippen molar-refractivity contribution in [3.8, 4) is 11.5 Å². The average molecular weight is 303 g/mol. The molecule has 0 aliphatic rings. The lowest BCUT2D eigenvalue weighted by Gasteiger charge is -2.13. The quantitative estimate of drug-likeness (QED) is 0.765. The summed E-state index contributed by atoms with van der Waals surface area (Å²) in [5.74, 6) is -0.0343. The van der Waals surface area contributed by atoms with Crippen LogP contribution in [-0.4, -0.2) is 35.2 Å². The molecule has 0 aliphatic carbocycles. The summed E-state index contributed by atoms with van der Waals surface area (Å²) >= 11 is 0. The second-order valence-electron chi connectivity index (χ2n) is 3.84. The van der Waals surface area contributed by atoms with E-state index >= 15 is 0 Å². The van der Waals surface area contributed by atoms with Crippen LogP contribution in [0.25, 0.3) is 0 Å². The zero-order valence-electron chi connectivity index (χ0n) is 11.5. The molecule has 0 saturated heterocycles. The first-order chi connectivity index (χ1) is 9.33. The number of methoxy groups -OCH3 is 2. The summed E-state index contributed by atoms with van der Waals surface area (Å²) in [5, 5.41) is 5.15. The molecule has 0 aromatic heterocycles. The van der Waals surface area contributed by atoms with E-state index in [9.17, 15) is 13.2 Å². The molecule has 0 aliphatic heterocycles. The first-order valence-electron chi connectivity index (χ1n) is 5.76. The summed E-state index contributed by atoms with van der Waals surface area (Å²) in [7, 11) is -1.22. The first-order valence-corrected chi connectivity index (χ1v) is 7.31. The SMILES string of the molecule is CCOC(=O)Cc1cc(OC)c(OC)cc1S(N)(=O)=O. The number of hydrogen-bond donors (Lipinski definition) is 1. The van der Waals surface area contributed by atoms with E-state index in [1.165, 1.54) is 26.4 Å². The summed E-state index contributed by atoms with van der Waals surface area (Å²) in [4.78, 5) is 11.3. The summed E-state index contributed by atoms with van der Waals surface area (Å²) in [5.41, 5.74) is 0.198. The fourth-order valence-electron chi connectivity index (χ4n) is 1.67. The molecule has 0 unspecified atom stereocenters. The van der Waals surface area contributed by atoms with Crippen LogP contribution in [0.3, 0.4) is 0 Å². The molecule has 2 N–H and O–H groups in total. The summed E-state index contributed by atoms with van der Waals surface area (Å²) in [6, 6.07) is 2.62. The first kappa shape index (κ1) is 16.3. The molecule has 0 heterocycles. The number of primary sulfonamides is 1.